The molecule has 8 heteroatoms. The van der Waals surface area contributed by atoms with E-state index in [2.05, 4.69) is 4.90 Å². The minimum atomic E-state index is -0.922. The average molecular weight is 469 g/mol. The first-order valence-electron chi connectivity index (χ1n) is 10.6. The first-order valence-corrected chi connectivity index (χ1v) is 11.3. The van der Waals surface area contributed by atoms with Crippen LogP contribution in [0.25, 0.3) is 0 Å². The maximum atomic E-state index is 13.5. The third-order valence-electron chi connectivity index (χ3n) is 6.30. The Kier molecular flexibility index (Phi) is 6.77. The van der Waals surface area contributed by atoms with E-state index in [0.29, 0.717) is 53.8 Å². The van der Waals surface area contributed by atoms with Crippen LogP contribution in [0.1, 0.15) is 36.8 Å². The molecule has 2 aliphatic heterocycles. The first-order chi connectivity index (χ1) is 14.8. The highest BCUT2D eigenvalue weighted by atomic mass is 35.5. The van der Waals surface area contributed by atoms with Crippen LogP contribution in [0.5, 0.6) is 0 Å². The molecule has 2 saturated heterocycles. The van der Waals surface area contributed by atoms with Gasteiger partial charge >= 0.3 is 0 Å². The smallest absolute Gasteiger partial charge is 0.197 e. The van der Waals surface area contributed by atoms with Crippen LogP contribution in [0.4, 0.5) is 10.1 Å². The maximum Gasteiger partial charge on any atom is 0.197 e. The summed E-state index contributed by atoms with van der Waals surface area (Å²) in [5, 5.41) is 12.0. The second-order valence-electron chi connectivity index (χ2n) is 8.29. The van der Waals surface area contributed by atoms with Crippen molar-refractivity contribution in [2.45, 2.75) is 37.1 Å². The van der Waals surface area contributed by atoms with E-state index in [1.807, 2.05) is 6.07 Å². The predicted molar refractivity (Wildman–Crippen MR) is 120 cm³/mol. The molecule has 2 heterocycles. The minimum Gasteiger partial charge on any atom is -0.398 e. The Bertz CT molecular complexity index is 929. The van der Waals surface area contributed by atoms with E-state index in [1.54, 1.807) is 18.2 Å². The molecular weight excluding hydrogens is 442 g/mol. The molecule has 0 amide bonds. The Balaban J connectivity index is 1.34. The van der Waals surface area contributed by atoms with E-state index in [1.165, 1.54) is 12.1 Å². The average Bonchev–Trinajstić information content (AvgIpc) is 3.21. The second kappa shape index (κ2) is 9.22. The molecular formula is C23H27Cl2FN2O3. The largest absolute Gasteiger partial charge is 0.398 e. The summed E-state index contributed by atoms with van der Waals surface area (Å²) in [6, 6.07) is 9.66. The fourth-order valence-corrected chi connectivity index (χ4v) is 4.82. The molecule has 2 aliphatic rings. The highest BCUT2D eigenvalue weighted by Crippen LogP contribution is 2.40. The van der Waals surface area contributed by atoms with Gasteiger partial charge in [0, 0.05) is 30.8 Å². The van der Waals surface area contributed by atoms with Crippen molar-refractivity contribution in [2.24, 2.45) is 0 Å². The fourth-order valence-electron chi connectivity index (χ4n) is 4.53. The predicted octanol–water partition coefficient (Wildman–Crippen LogP) is 4.68. The monoisotopic (exact) mass is 468 g/mol. The number of nitrogen functional groups attached to an aromatic ring is 1. The number of nitrogens with zero attached hydrogens (tertiary/aromatic N) is 1. The van der Waals surface area contributed by atoms with Gasteiger partial charge in [-0.2, -0.15) is 0 Å². The molecule has 168 valence electrons. The Morgan fingerprint density at radius 2 is 1.74 bits per heavy atom. The summed E-state index contributed by atoms with van der Waals surface area (Å²) in [4.78, 5) is 2.32. The zero-order valence-corrected chi connectivity index (χ0v) is 18.8. The van der Waals surface area contributed by atoms with Crippen molar-refractivity contribution in [3.05, 3.63) is 63.4 Å². The summed E-state index contributed by atoms with van der Waals surface area (Å²) in [5.41, 5.74) is 6.98. The number of aliphatic hydroxyl groups is 1. The van der Waals surface area contributed by atoms with E-state index in [9.17, 15) is 9.50 Å². The highest BCUT2D eigenvalue weighted by molar-refractivity contribution is 6.42. The number of anilines is 1. The molecule has 0 radical (unpaired) electrons. The van der Waals surface area contributed by atoms with E-state index < -0.39 is 11.4 Å². The lowest BCUT2D eigenvalue weighted by atomic mass is 9.84. The normalized spacial score (nSPS) is 20.8. The molecule has 0 aromatic heterocycles. The molecule has 0 atom stereocenters. The molecule has 0 saturated carbocycles. The Morgan fingerprint density at radius 3 is 2.39 bits per heavy atom. The third kappa shape index (κ3) is 4.85. The van der Waals surface area contributed by atoms with Crippen molar-refractivity contribution in [1.29, 1.82) is 0 Å². The standard InChI is InChI=1S/C23H27Cl2FN2O3/c24-19-5-2-16(14-20(19)25)22(29)7-10-28(11-8-22)9-1-6-23(30-12-13-31-23)18-4-3-17(26)15-21(18)27/h2-5,14-15,29H,1,6-13,27H2. The summed E-state index contributed by atoms with van der Waals surface area (Å²) >= 11 is 12.1. The maximum absolute atomic E-state index is 13.5. The number of hydrogen-bond donors (Lipinski definition) is 2. The molecule has 5 nitrogen and oxygen atoms in total. The van der Waals surface area contributed by atoms with Gasteiger partial charge in [-0.3, -0.25) is 0 Å². The SMILES string of the molecule is Nc1cc(F)ccc1C1(CCCN2CCC(O)(c3ccc(Cl)c(Cl)c3)CC2)OCCO1. The lowest BCUT2D eigenvalue weighted by molar-refractivity contribution is -0.171. The van der Waals surface area contributed by atoms with Gasteiger partial charge in [-0.1, -0.05) is 29.3 Å². The molecule has 2 aromatic carbocycles. The third-order valence-corrected chi connectivity index (χ3v) is 7.04. The zero-order valence-electron chi connectivity index (χ0n) is 17.3. The van der Waals surface area contributed by atoms with Crippen molar-refractivity contribution >= 4 is 28.9 Å². The Labute approximate surface area is 191 Å². The lowest BCUT2D eigenvalue weighted by Gasteiger charge is -2.39. The number of rotatable bonds is 6. The first kappa shape index (κ1) is 22.8. The number of hydrogen-bond acceptors (Lipinski definition) is 5. The Morgan fingerprint density at radius 1 is 1.03 bits per heavy atom. The summed E-state index contributed by atoms with van der Waals surface area (Å²) in [6.45, 7) is 3.34. The van der Waals surface area contributed by atoms with Crippen LogP contribution in [-0.4, -0.2) is 42.9 Å². The van der Waals surface area contributed by atoms with Crippen molar-refractivity contribution in [1.82, 2.24) is 4.90 Å². The van der Waals surface area contributed by atoms with Gasteiger partial charge in [0.25, 0.3) is 0 Å². The minimum absolute atomic E-state index is 0.339. The highest BCUT2D eigenvalue weighted by Gasteiger charge is 2.40. The van der Waals surface area contributed by atoms with Gasteiger partial charge in [-0.25, -0.2) is 4.39 Å². The number of benzene rings is 2. The molecule has 0 unspecified atom stereocenters. The summed E-state index contributed by atoms with van der Waals surface area (Å²) < 4.78 is 25.4. The number of halogens is 3. The fraction of sp³-hybridized carbons (Fsp3) is 0.478. The quantitative estimate of drug-likeness (QED) is 0.602. The van der Waals surface area contributed by atoms with Gasteiger partial charge in [0.2, 0.25) is 0 Å². The van der Waals surface area contributed by atoms with Crippen LogP contribution in [0.15, 0.2) is 36.4 Å². The van der Waals surface area contributed by atoms with Crippen LogP contribution >= 0.6 is 23.2 Å². The van der Waals surface area contributed by atoms with Crippen molar-refractivity contribution in [3.63, 3.8) is 0 Å². The van der Waals surface area contributed by atoms with E-state index >= 15 is 0 Å². The van der Waals surface area contributed by atoms with Gasteiger partial charge in [0.1, 0.15) is 5.82 Å². The van der Waals surface area contributed by atoms with Gasteiger partial charge in [0.15, 0.2) is 5.79 Å². The van der Waals surface area contributed by atoms with E-state index in [-0.39, 0.29) is 5.82 Å². The summed E-state index contributed by atoms with van der Waals surface area (Å²) in [6.07, 6.45) is 2.68. The van der Waals surface area contributed by atoms with Crippen LogP contribution < -0.4 is 5.73 Å². The van der Waals surface area contributed by atoms with Crippen LogP contribution in [0.3, 0.4) is 0 Å². The van der Waals surface area contributed by atoms with Gasteiger partial charge in [-0.15, -0.1) is 0 Å². The molecule has 0 bridgehead atoms. The van der Waals surface area contributed by atoms with E-state index in [4.69, 9.17) is 38.4 Å². The molecule has 4 rings (SSSR count). The Hall–Kier alpha value is -1.41. The van der Waals surface area contributed by atoms with Gasteiger partial charge in [0.05, 0.1) is 28.9 Å². The van der Waals surface area contributed by atoms with Crippen molar-refractivity contribution in [3.8, 4) is 0 Å². The summed E-state index contributed by atoms with van der Waals surface area (Å²) in [5.74, 6) is -1.30. The molecule has 2 aromatic rings. The molecule has 0 spiro atoms. The van der Waals surface area contributed by atoms with Crippen LogP contribution in [0, 0.1) is 5.82 Å². The number of ether oxygens (including phenoxy) is 2. The van der Waals surface area contributed by atoms with Gasteiger partial charge in [-0.05, 0) is 61.7 Å². The molecule has 2 fully saturated rings. The van der Waals surface area contributed by atoms with Crippen molar-refractivity contribution in [2.75, 3.05) is 38.6 Å². The number of nitrogens with two attached hydrogens (primary N) is 1. The number of piperidine rings is 1. The molecule has 3 N–H and O–H groups in total. The van der Waals surface area contributed by atoms with Crippen molar-refractivity contribution < 1.29 is 19.0 Å². The van der Waals surface area contributed by atoms with E-state index in [0.717, 1.165) is 31.6 Å². The molecule has 31 heavy (non-hydrogen) atoms. The molecule has 0 aliphatic carbocycles. The summed E-state index contributed by atoms with van der Waals surface area (Å²) in [7, 11) is 0. The van der Waals surface area contributed by atoms with Crippen LogP contribution in [0.2, 0.25) is 10.0 Å². The van der Waals surface area contributed by atoms with Gasteiger partial charge < -0.3 is 25.2 Å². The number of likely N-dealkylation sites (tertiary alicyclic amines) is 1. The van der Waals surface area contributed by atoms with Crippen LogP contribution in [-0.2, 0) is 20.9 Å². The lowest BCUT2D eigenvalue weighted by Crippen LogP contribution is -2.43. The topological polar surface area (TPSA) is 68.0 Å². The zero-order chi connectivity index (χ0) is 22.1. The second-order valence-corrected chi connectivity index (χ2v) is 9.10.